The van der Waals surface area contributed by atoms with Gasteiger partial charge in [0.2, 0.25) is 0 Å². The summed E-state index contributed by atoms with van der Waals surface area (Å²) in [6.07, 6.45) is 13.5. The Balaban J connectivity index is 0.000000807. The second-order valence-corrected chi connectivity index (χ2v) is 8.03. The zero-order valence-electron chi connectivity index (χ0n) is 13.2. The predicted octanol–water partition coefficient (Wildman–Crippen LogP) is 3.87. The van der Waals surface area contributed by atoms with Crippen molar-refractivity contribution in [3.05, 3.63) is 0 Å². The molecule has 1 aliphatic heterocycles. The highest BCUT2D eigenvalue weighted by atomic mass is 35.5. The van der Waals surface area contributed by atoms with Crippen molar-refractivity contribution in [3.8, 4) is 0 Å². The highest BCUT2D eigenvalue weighted by molar-refractivity contribution is 5.85. The highest BCUT2D eigenvalue weighted by Crippen LogP contribution is 2.55. The zero-order valence-corrected chi connectivity index (χ0v) is 14.8. The number of hydrogen-bond acceptors (Lipinski definition) is 2. The van der Waals surface area contributed by atoms with E-state index in [0.29, 0.717) is 5.54 Å². The molecular weight excluding hydrogens is 303 g/mol. The first-order valence-corrected chi connectivity index (χ1v) is 8.79. The fraction of sp³-hybridized carbons (Fsp3) is 1.00. The molecule has 124 valence electrons. The van der Waals surface area contributed by atoms with E-state index in [2.05, 4.69) is 10.2 Å². The third-order valence-corrected chi connectivity index (χ3v) is 6.41. The van der Waals surface area contributed by atoms with Crippen LogP contribution in [0.5, 0.6) is 0 Å². The minimum atomic E-state index is 0. The van der Waals surface area contributed by atoms with Crippen LogP contribution < -0.4 is 5.32 Å². The van der Waals surface area contributed by atoms with Crippen LogP contribution in [-0.2, 0) is 0 Å². The molecular formula is C17H32Cl2N2. The number of halogens is 2. The van der Waals surface area contributed by atoms with Crippen LogP contribution in [0, 0.1) is 17.8 Å². The van der Waals surface area contributed by atoms with E-state index in [-0.39, 0.29) is 24.8 Å². The lowest BCUT2D eigenvalue weighted by Crippen LogP contribution is -2.59. The van der Waals surface area contributed by atoms with Crippen LogP contribution in [0.4, 0.5) is 0 Å². The molecule has 0 aromatic carbocycles. The maximum atomic E-state index is 4.03. The van der Waals surface area contributed by atoms with Crippen LogP contribution in [0.3, 0.4) is 0 Å². The number of nitrogens with one attached hydrogen (secondary N) is 1. The van der Waals surface area contributed by atoms with Crippen LogP contribution in [0.15, 0.2) is 0 Å². The van der Waals surface area contributed by atoms with E-state index in [9.17, 15) is 0 Å². The standard InChI is InChI=1S/C17H30N2.2ClH/c1-2-5-19(6-3-1)7-4-18-17-11-14-8-15(12-17)10-16(9-14)13-17;;/h14-16,18H,1-13H2;2*1H. The van der Waals surface area contributed by atoms with Gasteiger partial charge in [-0.05, 0) is 82.2 Å². The Kier molecular flexibility index (Phi) is 6.27. The summed E-state index contributed by atoms with van der Waals surface area (Å²) in [5, 5.41) is 4.03. The van der Waals surface area contributed by atoms with Crippen LogP contribution in [0.1, 0.15) is 57.8 Å². The average Bonchev–Trinajstić information content (AvgIpc) is 2.38. The molecule has 1 N–H and O–H groups in total. The fourth-order valence-corrected chi connectivity index (χ4v) is 5.99. The molecule has 0 amide bonds. The second kappa shape index (κ2) is 7.38. The third kappa shape index (κ3) is 3.88. The topological polar surface area (TPSA) is 15.3 Å². The van der Waals surface area contributed by atoms with Crippen LogP contribution in [0.25, 0.3) is 0 Å². The summed E-state index contributed by atoms with van der Waals surface area (Å²) in [5.41, 5.74) is 0.574. The summed E-state index contributed by atoms with van der Waals surface area (Å²) < 4.78 is 0. The van der Waals surface area contributed by atoms with Gasteiger partial charge in [-0.15, -0.1) is 24.8 Å². The fourth-order valence-electron chi connectivity index (χ4n) is 5.99. The molecule has 5 aliphatic rings. The lowest BCUT2D eigenvalue weighted by atomic mass is 9.53. The number of rotatable bonds is 4. The van der Waals surface area contributed by atoms with Gasteiger partial charge in [-0.25, -0.2) is 0 Å². The van der Waals surface area contributed by atoms with E-state index >= 15 is 0 Å². The van der Waals surface area contributed by atoms with E-state index in [4.69, 9.17) is 0 Å². The van der Waals surface area contributed by atoms with Gasteiger partial charge in [0.05, 0.1) is 0 Å². The van der Waals surface area contributed by atoms with Crippen molar-refractivity contribution in [1.82, 2.24) is 10.2 Å². The quantitative estimate of drug-likeness (QED) is 0.839. The van der Waals surface area contributed by atoms with Gasteiger partial charge in [0, 0.05) is 18.6 Å². The van der Waals surface area contributed by atoms with Gasteiger partial charge in [0.15, 0.2) is 0 Å². The molecule has 0 radical (unpaired) electrons. The molecule has 0 unspecified atom stereocenters. The molecule has 4 heteroatoms. The van der Waals surface area contributed by atoms with E-state index < -0.39 is 0 Å². The Morgan fingerprint density at radius 3 is 1.86 bits per heavy atom. The van der Waals surface area contributed by atoms with Crippen molar-refractivity contribution in [2.24, 2.45) is 17.8 Å². The van der Waals surface area contributed by atoms with Crippen LogP contribution in [-0.4, -0.2) is 36.6 Å². The normalized spacial score (nSPS) is 41.4. The molecule has 1 saturated heterocycles. The molecule has 4 bridgehead atoms. The summed E-state index contributed by atoms with van der Waals surface area (Å²) in [5.74, 6) is 3.23. The van der Waals surface area contributed by atoms with Crippen molar-refractivity contribution >= 4 is 24.8 Å². The molecule has 0 aromatic heterocycles. The van der Waals surface area contributed by atoms with Gasteiger partial charge < -0.3 is 10.2 Å². The first-order chi connectivity index (χ1) is 9.31. The SMILES string of the molecule is C1CCN(CCNC23CC4CC(CC(C4)C2)C3)CC1.Cl.Cl. The molecule has 4 saturated carbocycles. The molecule has 1 heterocycles. The molecule has 21 heavy (non-hydrogen) atoms. The smallest absolute Gasteiger partial charge is 0.0190 e. The Hall–Kier alpha value is 0.500. The molecule has 0 aromatic rings. The van der Waals surface area contributed by atoms with Crippen molar-refractivity contribution in [2.45, 2.75) is 63.3 Å². The first-order valence-electron chi connectivity index (χ1n) is 8.79. The Labute approximate surface area is 142 Å². The Morgan fingerprint density at radius 2 is 1.33 bits per heavy atom. The van der Waals surface area contributed by atoms with Crippen molar-refractivity contribution in [2.75, 3.05) is 26.2 Å². The van der Waals surface area contributed by atoms with E-state index in [0.717, 1.165) is 17.8 Å². The minimum Gasteiger partial charge on any atom is -0.310 e. The van der Waals surface area contributed by atoms with Crippen molar-refractivity contribution in [3.63, 3.8) is 0 Å². The summed E-state index contributed by atoms with van der Waals surface area (Å²) in [6.45, 7) is 5.24. The molecule has 4 aliphatic carbocycles. The van der Waals surface area contributed by atoms with E-state index in [1.165, 1.54) is 64.7 Å². The maximum absolute atomic E-state index is 4.03. The van der Waals surface area contributed by atoms with E-state index in [1.807, 2.05) is 0 Å². The van der Waals surface area contributed by atoms with Crippen molar-refractivity contribution < 1.29 is 0 Å². The molecule has 0 spiro atoms. The monoisotopic (exact) mass is 334 g/mol. The number of likely N-dealkylation sites (tertiary alicyclic amines) is 1. The van der Waals surface area contributed by atoms with Crippen molar-refractivity contribution in [1.29, 1.82) is 0 Å². The molecule has 0 atom stereocenters. The summed E-state index contributed by atoms with van der Waals surface area (Å²) in [6, 6.07) is 0. The maximum Gasteiger partial charge on any atom is 0.0190 e. The number of piperidine rings is 1. The Morgan fingerprint density at radius 1 is 0.810 bits per heavy atom. The highest BCUT2D eigenvalue weighted by Gasteiger charge is 2.50. The minimum absolute atomic E-state index is 0. The number of nitrogens with zero attached hydrogens (tertiary/aromatic N) is 1. The summed E-state index contributed by atoms with van der Waals surface area (Å²) >= 11 is 0. The molecule has 5 rings (SSSR count). The van der Waals surface area contributed by atoms with Gasteiger partial charge in [0.25, 0.3) is 0 Å². The predicted molar refractivity (Wildman–Crippen MR) is 93.7 cm³/mol. The zero-order chi connectivity index (χ0) is 12.7. The largest absolute Gasteiger partial charge is 0.310 e. The van der Waals surface area contributed by atoms with Crippen LogP contribution in [0.2, 0.25) is 0 Å². The number of hydrogen-bond donors (Lipinski definition) is 1. The second-order valence-electron chi connectivity index (χ2n) is 8.03. The summed E-state index contributed by atoms with van der Waals surface area (Å²) in [7, 11) is 0. The first kappa shape index (κ1) is 17.8. The Bertz CT molecular complexity index is 293. The average molecular weight is 335 g/mol. The molecule has 5 fully saturated rings. The lowest BCUT2D eigenvalue weighted by Gasteiger charge is -2.57. The van der Waals surface area contributed by atoms with Crippen LogP contribution >= 0.6 is 24.8 Å². The van der Waals surface area contributed by atoms with E-state index in [1.54, 1.807) is 19.3 Å². The molecule has 2 nitrogen and oxygen atoms in total. The third-order valence-electron chi connectivity index (χ3n) is 6.41. The van der Waals surface area contributed by atoms with Gasteiger partial charge in [0.1, 0.15) is 0 Å². The van der Waals surface area contributed by atoms with Gasteiger partial charge >= 0.3 is 0 Å². The van der Waals surface area contributed by atoms with Gasteiger partial charge in [-0.1, -0.05) is 6.42 Å². The van der Waals surface area contributed by atoms with Gasteiger partial charge in [-0.3, -0.25) is 0 Å². The van der Waals surface area contributed by atoms with Gasteiger partial charge in [-0.2, -0.15) is 0 Å². The summed E-state index contributed by atoms with van der Waals surface area (Å²) in [4.78, 5) is 2.68. The lowest BCUT2D eigenvalue weighted by molar-refractivity contribution is -0.0205.